The molecule has 0 saturated heterocycles. The lowest BCUT2D eigenvalue weighted by Crippen LogP contribution is -2.21. The van der Waals surface area contributed by atoms with Gasteiger partial charge in [-0.05, 0) is 12.1 Å². The van der Waals surface area contributed by atoms with Gasteiger partial charge in [0.2, 0.25) is 0 Å². The number of aliphatic hydroxyl groups is 1. The minimum absolute atomic E-state index is 0.385. The van der Waals surface area contributed by atoms with Crippen molar-refractivity contribution in [1.29, 1.82) is 0 Å². The summed E-state index contributed by atoms with van der Waals surface area (Å²) in [5.74, 6) is 0.385. The Morgan fingerprint density at radius 2 is 2.10 bits per heavy atom. The van der Waals surface area contributed by atoms with Crippen LogP contribution in [0.25, 0.3) is 5.76 Å². The minimum Gasteiger partial charge on any atom is -0.510 e. The molecule has 0 atom stereocenters. The highest BCUT2D eigenvalue weighted by Crippen LogP contribution is 1.89. The first-order valence-corrected chi connectivity index (χ1v) is 3.19. The molecule has 0 aliphatic carbocycles. The van der Waals surface area contributed by atoms with E-state index in [9.17, 15) is 5.11 Å². The average Bonchev–Trinajstić information content (AvgIpc) is 2.34. The molecule has 0 bridgehead atoms. The van der Waals surface area contributed by atoms with Gasteiger partial charge in [0.15, 0.2) is 0 Å². The van der Waals surface area contributed by atoms with Crippen molar-refractivity contribution in [3.05, 3.63) is 34.8 Å². The topological polar surface area (TPSA) is 32.6 Å². The van der Waals surface area contributed by atoms with Crippen LogP contribution in [0.4, 0.5) is 0 Å². The summed E-state index contributed by atoms with van der Waals surface area (Å²) in [6.07, 6.45) is 0. The number of hydrogen-bond donors (Lipinski definition) is 1. The summed E-state index contributed by atoms with van der Waals surface area (Å²) in [5, 5.41) is 11.0. The Balaban J connectivity index is 2.96. The first-order chi connectivity index (χ1) is 4.88. The number of benzene rings is 1. The van der Waals surface area contributed by atoms with Crippen molar-refractivity contribution < 1.29 is 5.11 Å². The molecule has 1 heterocycles. The van der Waals surface area contributed by atoms with Crippen molar-refractivity contribution in [1.82, 2.24) is 0 Å². The average molecular weight is 133 g/mol. The standard InChI is InChI=1S/C8H7NO/c10-8-5-9-7-4-2-1-3-6(7)8/h1-4,10H,5H2. The second-order valence-electron chi connectivity index (χ2n) is 2.28. The van der Waals surface area contributed by atoms with E-state index >= 15 is 0 Å². The summed E-state index contributed by atoms with van der Waals surface area (Å²) < 4.78 is 0. The molecule has 50 valence electrons. The lowest BCUT2D eigenvalue weighted by atomic mass is 10.3. The number of fused-ring (bicyclic) bond motifs is 1. The molecule has 1 aromatic carbocycles. The summed E-state index contributed by atoms with van der Waals surface area (Å²) in [4.78, 5) is 4.09. The molecule has 0 fully saturated rings. The predicted octanol–water partition coefficient (Wildman–Crippen LogP) is -0.0140. The maximum absolute atomic E-state index is 9.20. The molecule has 1 aromatic rings. The van der Waals surface area contributed by atoms with Gasteiger partial charge in [-0.1, -0.05) is 12.1 Å². The fraction of sp³-hybridized carbons (Fsp3) is 0.125. The van der Waals surface area contributed by atoms with Crippen LogP contribution in [-0.2, 0) is 0 Å². The zero-order chi connectivity index (χ0) is 6.97. The van der Waals surface area contributed by atoms with Crippen LogP contribution < -0.4 is 10.6 Å². The fourth-order valence-electron chi connectivity index (χ4n) is 1.10. The molecule has 10 heavy (non-hydrogen) atoms. The molecule has 0 aromatic heterocycles. The molecule has 1 N–H and O–H groups in total. The second-order valence-corrected chi connectivity index (χ2v) is 2.28. The molecule has 0 spiro atoms. The maximum atomic E-state index is 9.20. The van der Waals surface area contributed by atoms with Crippen LogP contribution in [0.2, 0.25) is 0 Å². The van der Waals surface area contributed by atoms with Gasteiger partial charge in [0.25, 0.3) is 0 Å². The van der Waals surface area contributed by atoms with Gasteiger partial charge in [0.05, 0.1) is 11.9 Å². The Hall–Kier alpha value is -1.31. The van der Waals surface area contributed by atoms with Crippen molar-refractivity contribution in [2.75, 3.05) is 6.54 Å². The molecule has 2 nitrogen and oxygen atoms in total. The SMILES string of the molecule is OC1=c2ccccc2=NC1. The van der Waals surface area contributed by atoms with Gasteiger partial charge in [-0.3, -0.25) is 4.99 Å². The van der Waals surface area contributed by atoms with E-state index in [1.807, 2.05) is 24.3 Å². The molecule has 0 radical (unpaired) electrons. The first-order valence-electron chi connectivity index (χ1n) is 3.19. The maximum Gasteiger partial charge on any atom is 0.123 e. The Bertz CT molecular complexity index is 367. The quantitative estimate of drug-likeness (QED) is 0.530. The Kier molecular flexibility index (Phi) is 1.01. The minimum atomic E-state index is 0.385. The molecule has 0 unspecified atom stereocenters. The predicted molar refractivity (Wildman–Crippen MR) is 38.1 cm³/mol. The monoisotopic (exact) mass is 133 g/mol. The number of nitrogens with zero attached hydrogens (tertiary/aromatic N) is 1. The van der Waals surface area contributed by atoms with E-state index in [2.05, 4.69) is 4.99 Å². The molecular weight excluding hydrogens is 126 g/mol. The van der Waals surface area contributed by atoms with Crippen LogP contribution >= 0.6 is 0 Å². The summed E-state index contributed by atoms with van der Waals surface area (Å²) in [6, 6.07) is 7.59. The number of hydrogen-bond acceptors (Lipinski definition) is 2. The van der Waals surface area contributed by atoms with E-state index in [1.54, 1.807) is 0 Å². The molecule has 0 saturated carbocycles. The molecule has 1 aliphatic heterocycles. The zero-order valence-electron chi connectivity index (χ0n) is 5.41. The first kappa shape index (κ1) is 5.47. The molecular formula is C8H7NO. The highest BCUT2D eigenvalue weighted by molar-refractivity contribution is 5.39. The molecule has 0 amide bonds. The van der Waals surface area contributed by atoms with Crippen LogP contribution in [0, 0.1) is 0 Å². The van der Waals surface area contributed by atoms with Crippen molar-refractivity contribution in [2.45, 2.75) is 0 Å². The van der Waals surface area contributed by atoms with Gasteiger partial charge in [0, 0.05) is 5.22 Å². The summed E-state index contributed by atoms with van der Waals surface area (Å²) >= 11 is 0. The highest BCUT2D eigenvalue weighted by atomic mass is 16.3. The van der Waals surface area contributed by atoms with Gasteiger partial charge < -0.3 is 5.11 Å². The van der Waals surface area contributed by atoms with E-state index in [1.165, 1.54) is 0 Å². The number of aliphatic hydroxyl groups excluding tert-OH is 1. The van der Waals surface area contributed by atoms with E-state index in [0.29, 0.717) is 12.3 Å². The van der Waals surface area contributed by atoms with Crippen LogP contribution in [0.5, 0.6) is 0 Å². The summed E-state index contributed by atoms with van der Waals surface area (Å²) in [7, 11) is 0. The smallest absolute Gasteiger partial charge is 0.123 e. The molecule has 1 aliphatic rings. The van der Waals surface area contributed by atoms with Crippen molar-refractivity contribution in [3.63, 3.8) is 0 Å². The third kappa shape index (κ3) is 0.620. The van der Waals surface area contributed by atoms with E-state index in [0.717, 1.165) is 10.6 Å². The van der Waals surface area contributed by atoms with Crippen LogP contribution in [0.3, 0.4) is 0 Å². The Morgan fingerprint density at radius 3 is 2.90 bits per heavy atom. The van der Waals surface area contributed by atoms with Gasteiger partial charge in [-0.2, -0.15) is 0 Å². The third-order valence-corrected chi connectivity index (χ3v) is 1.61. The van der Waals surface area contributed by atoms with Gasteiger partial charge >= 0.3 is 0 Å². The second kappa shape index (κ2) is 1.84. The summed E-state index contributed by atoms with van der Waals surface area (Å²) in [6.45, 7) is 0.444. The zero-order valence-corrected chi connectivity index (χ0v) is 5.41. The van der Waals surface area contributed by atoms with E-state index in [-0.39, 0.29) is 0 Å². The van der Waals surface area contributed by atoms with Gasteiger partial charge in [-0.15, -0.1) is 0 Å². The van der Waals surface area contributed by atoms with Gasteiger partial charge in [0.1, 0.15) is 5.76 Å². The van der Waals surface area contributed by atoms with Crippen LogP contribution in [0.15, 0.2) is 29.3 Å². The lowest BCUT2D eigenvalue weighted by Gasteiger charge is -1.83. The lowest BCUT2D eigenvalue weighted by molar-refractivity contribution is 0.494. The van der Waals surface area contributed by atoms with Crippen LogP contribution in [0.1, 0.15) is 0 Å². The van der Waals surface area contributed by atoms with Crippen molar-refractivity contribution in [3.8, 4) is 0 Å². The fourth-order valence-corrected chi connectivity index (χ4v) is 1.10. The van der Waals surface area contributed by atoms with Crippen LogP contribution in [-0.4, -0.2) is 11.7 Å². The van der Waals surface area contributed by atoms with Crippen molar-refractivity contribution in [2.24, 2.45) is 4.99 Å². The molecule has 2 rings (SSSR count). The number of rotatable bonds is 0. The number of para-hydroxylation sites is 1. The van der Waals surface area contributed by atoms with Crippen molar-refractivity contribution >= 4 is 5.76 Å². The molecule has 2 heteroatoms. The summed E-state index contributed by atoms with van der Waals surface area (Å²) in [5.41, 5.74) is 0. The Morgan fingerprint density at radius 1 is 1.30 bits per heavy atom. The van der Waals surface area contributed by atoms with E-state index in [4.69, 9.17) is 0 Å². The Labute approximate surface area is 58.2 Å². The van der Waals surface area contributed by atoms with Gasteiger partial charge in [-0.25, -0.2) is 0 Å². The largest absolute Gasteiger partial charge is 0.510 e. The highest BCUT2D eigenvalue weighted by Gasteiger charge is 2.00. The third-order valence-electron chi connectivity index (χ3n) is 1.61. The van der Waals surface area contributed by atoms with E-state index < -0.39 is 0 Å². The normalized spacial score (nSPS) is 14.6.